The van der Waals surface area contributed by atoms with Crippen LogP contribution in [0.25, 0.3) is 0 Å². The van der Waals surface area contributed by atoms with Gasteiger partial charge < -0.3 is 20.7 Å². The van der Waals surface area contributed by atoms with Gasteiger partial charge in [0.05, 0.1) is 13.2 Å². The van der Waals surface area contributed by atoms with Crippen LogP contribution in [0.4, 0.5) is 4.39 Å². The summed E-state index contributed by atoms with van der Waals surface area (Å²) in [7, 11) is 1.39. The van der Waals surface area contributed by atoms with Gasteiger partial charge in [-0.3, -0.25) is 4.79 Å². The number of amides is 1. The Morgan fingerprint density at radius 2 is 2.42 bits per heavy atom. The number of rotatable bonds is 3. The fraction of sp³-hybridized carbons (Fsp3) is 0.462. The molecule has 0 spiro atoms. The number of carbonyl (C=O) groups is 1. The highest BCUT2D eigenvalue weighted by Crippen LogP contribution is 2.19. The Kier molecular flexibility index (Phi) is 4.34. The topological polar surface area (TPSA) is 67.6 Å². The minimum Gasteiger partial charge on any atom is -0.494 e. The predicted octanol–water partition coefficient (Wildman–Crippen LogP) is 0.207. The molecule has 3 N–H and O–H groups in total. The van der Waals surface area contributed by atoms with Crippen molar-refractivity contribution in [2.24, 2.45) is 5.73 Å². The van der Waals surface area contributed by atoms with Crippen LogP contribution in [0.5, 0.6) is 5.75 Å². The van der Waals surface area contributed by atoms with E-state index in [1.165, 1.54) is 19.2 Å². The maximum atomic E-state index is 13.6. The Hall–Kier alpha value is -1.66. The summed E-state index contributed by atoms with van der Waals surface area (Å²) >= 11 is 0. The average Bonchev–Trinajstić information content (AvgIpc) is 2.46. The molecular formula is C13H18FN3O2. The molecule has 0 aromatic heterocycles. The molecule has 104 valence electrons. The Bertz CT molecular complexity index is 467. The zero-order chi connectivity index (χ0) is 13.8. The van der Waals surface area contributed by atoms with Gasteiger partial charge in [-0.1, -0.05) is 0 Å². The molecular weight excluding hydrogens is 249 g/mol. The SMILES string of the molecule is COc1ccc(C(=O)N2CCNCC2CN)cc1F. The molecule has 5 nitrogen and oxygen atoms in total. The molecule has 1 aliphatic rings. The number of halogens is 1. The van der Waals surface area contributed by atoms with Crippen molar-refractivity contribution < 1.29 is 13.9 Å². The van der Waals surface area contributed by atoms with E-state index in [2.05, 4.69) is 5.32 Å². The largest absolute Gasteiger partial charge is 0.494 e. The minimum absolute atomic E-state index is 0.0496. The Balaban J connectivity index is 2.20. The summed E-state index contributed by atoms with van der Waals surface area (Å²) < 4.78 is 18.5. The number of ether oxygens (including phenoxy) is 1. The van der Waals surface area contributed by atoms with Gasteiger partial charge in [0, 0.05) is 31.7 Å². The number of carbonyl (C=O) groups excluding carboxylic acids is 1. The first-order valence-corrected chi connectivity index (χ1v) is 6.22. The van der Waals surface area contributed by atoms with Gasteiger partial charge in [0.25, 0.3) is 5.91 Å². The minimum atomic E-state index is -0.534. The number of benzene rings is 1. The van der Waals surface area contributed by atoms with E-state index in [0.717, 1.165) is 6.54 Å². The maximum absolute atomic E-state index is 13.6. The van der Waals surface area contributed by atoms with Crippen LogP contribution in [-0.2, 0) is 0 Å². The summed E-state index contributed by atoms with van der Waals surface area (Å²) in [4.78, 5) is 14.0. The normalized spacial score (nSPS) is 19.3. The lowest BCUT2D eigenvalue weighted by atomic mass is 10.1. The van der Waals surface area contributed by atoms with Crippen molar-refractivity contribution in [2.75, 3.05) is 33.3 Å². The predicted molar refractivity (Wildman–Crippen MR) is 69.7 cm³/mol. The zero-order valence-corrected chi connectivity index (χ0v) is 10.9. The lowest BCUT2D eigenvalue weighted by molar-refractivity contribution is 0.0644. The van der Waals surface area contributed by atoms with Crippen LogP contribution in [0.3, 0.4) is 0 Å². The van der Waals surface area contributed by atoms with Gasteiger partial charge in [-0.2, -0.15) is 0 Å². The van der Waals surface area contributed by atoms with E-state index in [-0.39, 0.29) is 17.7 Å². The molecule has 1 amide bonds. The van der Waals surface area contributed by atoms with E-state index < -0.39 is 5.82 Å². The van der Waals surface area contributed by atoms with Crippen LogP contribution in [0, 0.1) is 5.82 Å². The van der Waals surface area contributed by atoms with Crippen LogP contribution < -0.4 is 15.8 Å². The summed E-state index contributed by atoms with van der Waals surface area (Å²) in [5, 5.41) is 3.18. The van der Waals surface area contributed by atoms with Crippen LogP contribution >= 0.6 is 0 Å². The molecule has 1 saturated heterocycles. The number of methoxy groups -OCH3 is 1. The van der Waals surface area contributed by atoms with Crippen LogP contribution in [-0.4, -0.2) is 50.1 Å². The molecule has 1 atom stereocenters. The summed E-state index contributed by atoms with van der Waals surface area (Å²) in [5.74, 6) is -0.599. The highest BCUT2D eigenvalue weighted by molar-refractivity contribution is 5.94. The average molecular weight is 267 g/mol. The highest BCUT2D eigenvalue weighted by atomic mass is 19.1. The van der Waals surface area contributed by atoms with E-state index in [0.29, 0.717) is 25.2 Å². The summed E-state index contributed by atoms with van der Waals surface area (Å²) in [6.45, 7) is 2.35. The van der Waals surface area contributed by atoms with Crippen molar-refractivity contribution in [2.45, 2.75) is 6.04 Å². The van der Waals surface area contributed by atoms with E-state index >= 15 is 0 Å². The molecule has 1 unspecified atom stereocenters. The quantitative estimate of drug-likeness (QED) is 0.821. The van der Waals surface area contributed by atoms with Crippen molar-refractivity contribution in [3.8, 4) is 5.75 Å². The second-order valence-electron chi connectivity index (χ2n) is 4.44. The van der Waals surface area contributed by atoms with E-state index in [1.807, 2.05) is 0 Å². The molecule has 0 aliphatic carbocycles. The molecule has 0 saturated carbocycles. The van der Waals surface area contributed by atoms with Gasteiger partial charge in [0.2, 0.25) is 0 Å². The van der Waals surface area contributed by atoms with Gasteiger partial charge >= 0.3 is 0 Å². The number of hydrogen-bond acceptors (Lipinski definition) is 4. The van der Waals surface area contributed by atoms with Crippen molar-refractivity contribution in [1.82, 2.24) is 10.2 Å². The van der Waals surface area contributed by atoms with E-state index in [1.54, 1.807) is 11.0 Å². The van der Waals surface area contributed by atoms with Gasteiger partial charge in [-0.15, -0.1) is 0 Å². The molecule has 2 rings (SSSR count). The van der Waals surface area contributed by atoms with Crippen molar-refractivity contribution >= 4 is 5.91 Å². The van der Waals surface area contributed by atoms with Gasteiger partial charge in [0.1, 0.15) is 0 Å². The fourth-order valence-corrected chi connectivity index (χ4v) is 2.20. The molecule has 1 aromatic carbocycles. The zero-order valence-electron chi connectivity index (χ0n) is 10.9. The molecule has 1 fully saturated rings. The summed E-state index contributed by atoms with van der Waals surface area (Å²) in [6, 6.07) is 4.19. The lowest BCUT2D eigenvalue weighted by Crippen LogP contribution is -2.56. The Labute approximate surface area is 111 Å². The standard InChI is InChI=1S/C13H18FN3O2/c1-19-12-3-2-9(6-11(12)14)13(18)17-5-4-16-8-10(17)7-15/h2-3,6,10,16H,4-5,7-8,15H2,1H3. The third kappa shape index (κ3) is 2.85. The van der Waals surface area contributed by atoms with Crippen molar-refractivity contribution in [3.63, 3.8) is 0 Å². The third-order valence-corrected chi connectivity index (χ3v) is 3.28. The summed E-state index contributed by atoms with van der Waals surface area (Å²) in [5.41, 5.74) is 5.98. The first-order chi connectivity index (χ1) is 9.17. The maximum Gasteiger partial charge on any atom is 0.254 e. The number of nitrogens with one attached hydrogen (secondary N) is 1. The lowest BCUT2D eigenvalue weighted by Gasteiger charge is -2.35. The molecule has 6 heteroatoms. The van der Waals surface area contributed by atoms with Crippen LogP contribution in [0.15, 0.2) is 18.2 Å². The molecule has 0 bridgehead atoms. The van der Waals surface area contributed by atoms with E-state index in [4.69, 9.17) is 10.5 Å². The number of nitrogens with zero attached hydrogens (tertiary/aromatic N) is 1. The molecule has 19 heavy (non-hydrogen) atoms. The second-order valence-corrected chi connectivity index (χ2v) is 4.44. The van der Waals surface area contributed by atoms with Gasteiger partial charge in [0.15, 0.2) is 11.6 Å². The van der Waals surface area contributed by atoms with Gasteiger partial charge in [-0.25, -0.2) is 4.39 Å². The smallest absolute Gasteiger partial charge is 0.254 e. The summed E-state index contributed by atoms with van der Waals surface area (Å²) in [6.07, 6.45) is 0. The molecule has 1 aromatic rings. The number of hydrogen-bond donors (Lipinski definition) is 2. The van der Waals surface area contributed by atoms with Crippen LogP contribution in [0.2, 0.25) is 0 Å². The van der Waals surface area contributed by atoms with Crippen molar-refractivity contribution in [3.05, 3.63) is 29.6 Å². The first-order valence-electron chi connectivity index (χ1n) is 6.22. The Morgan fingerprint density at radius 1 is 1.63 bits per heavy atom. The monoisotopic (exact) mass is 267 g/mol. The molecule has 1 heterocycles. The van der Waals surface area contributed by atoms with Gasteiger partial charge in [-0.05, 0) is 18.2 Å². The van der Waals surface area contributed by atoms with Crippen molar-refractivity contribution in [1.29, 1.82) is 0 Å². The third-order valence-electron chi connectivity index (χ3n) is 3.28. The second kappa shape index (κ2) is 5.99. The van der Waals surface area contributed by atoms with Crippen LogP contribution in [0.1, 0.15) is 10.4 Å². The molecule has 1 aliphatic heterocycles. The fourth-order valence-electron chi connectivity index (χ4n) is 2.20. The highest BCUT2D eigenvalue weighted by Gasteiger charge is 2.26. The number of nitrogens with two attached hydrogens (primary N) is 1. The van der Waals surface area contributed by atoms with E-state index in [9.17, 15) is 9.18 Å². The Morgan fingerprint density at radius 3 is 3.05 bits per heavy atom. The molecule has 0 radical (unpaired) electrons. The first kappa shape index (κ1) is 13.8. The number of piperazine rings is 1.